The molecule has 0 unspecified atom stereocenters. The van der Waals surface area contributed by atoms with Crippen molar-refractivity contribution in [3.05, 3.63) is 131 Å². The minimum Gasteiger partial charge on any atom is -0.497 e. The fourth-order valence-electron chi connectivity index (χ4n) is 3.94. The van der Waals surface area contributed by atoms with E-state index < -0.39 is 11.8 Å². The summed E-state index contributed by atoms with van der Waals surface area (Å²) in [5, 5.41) is 5.49. The van der Waals surface area contributed by atoms with E-state index in [1.807, 2.05) is 0 Å². The molecule has 4 aromatic rings. The van der Waals surface area contributed by atoms with Crippen LogP contribution in [0, 0.1) is 0 Å². The number of carbonyl (C=O) groups excluding carboxylic acids is 3. The predicted molar refractivity (Wildman–Crippen MR) is 163 cm³/mol. The number of allylic oxidation sites excluding steroid dienone is 1. The number of amides is 2. The molecule has 0 saturated carbocycles. The third kappa shape index (κ3) is 7.73. The molecule has 0 radical (unpaired) electrons. The molecule has 2 N–H and O–H groups in total. The van der Waals surface area contributed by atoms with E-state index in [0.29, 0.717) is 39.6 Å². The highest BCUT2D eigenvalue weighted by atomic mass is 16.5. The quantitative estimate of drug-likeness (QED) is 0.171. The molecule has 0 aliphatic rings. The number of anilines is 1. The number of ketones is 1. The lowest BCUT2D eigenvalue weighted by atomic mass is 10.1. The lowest BCUT2D eigenvalue weighted by Crippen LogP contribution is -2.30. The molecule has 8 heteroatoms. The van der Waals surface area contributed by atoms with Crippen LogP contribution >= 0.6 is 0 Å². The Balaban J connectivity index is 1.49. The van der Waals surface area contributed by atoms with Gasteiger partial charge in [-0.3, -0.25) is 14.4 Å². The maximum atomic E-state index is 13.3. The highest BCUT2D eigenvalue weighted by Gasteiger charge is 2.15. The van der Waals surface area contributed by atoms with Gasteiger partial charge in [-0.05, 0) is 84.5 Å². The maximum absolute atomic E-state index is 13.3. The average Bonchev–Trinajstić information content (AvgIpc) is 3.04. The number of rotatable bonds is 11. The molecule has 0 aromatic heterocycles. The molecule has 0 aliphatic carbocycles. The standard InChI is InChI=1S/C34H30N2O6/c1-40-28-17-9-23(10-18-28)21-30(36-33(38)26-7-5-4-6-8-26)34(39)35-27-15-11-24(12-16-27)31(37)20-14-25-13-19-29(41-2)22-32(25)42-3/h4-22H,1-3H3,(H,35,39)(H,36,38)/b20-14+,30-21-. The number of ether oxygens (including phenoxy) is 3. The molecule has 0 aliphatic heterocycles. The first kappa shape index (κ1) is 29.4. The molecule has 0 fully saturated rings. The lowest BCUT2D eigenvalue weighted by Gasteiger charge is -2.12. The van der Waals surface area contributed by atoms with Crippen LogP contribution in [0.5, 0.6) is 17.2 Å². The molecule has 0 bridgehead atoms. The average molecular weight is 563 g/mol. The summed E-state index contributed by atoms with van der Waals surface area (Å²) in [6.45, 7) is 0. The van der Waals surface area contributed by atoms with Crippen molar-refractivity contribution in [1.82, 2.24) is 5.32 Å². The normalized spacial score (nSPS) is 11.1. The molecule has 4 rings (SSSR count). The third-order valence-corrected chi connectivity index (χ3v) is 6.24. The Kier molecular flexibility index (Phi) is 9.88. The van der Waals surface area contributed by atoms with E-state index in [1.165, 1.54) is 6.08 Å². The molecule has 42 heavy (non-hydrogen) atoms. The van der Waals surface area contributed by atoms with Crippen molar-refractivity contribution in [2.24, 2.45) is 0 Å². The van der Waals surface area contributed by atoms with E-state index in [-0.39, 0.29) is 11.5 Å². The van der Waals surface area contributed by atoms with Gasteiger partial charge in [0.05, 0.1) is 21.3 Å². The number of carbonyl (C=O) groups is 3. The van der Waals surface area contributed by atoms with Crippen LogP contribution in [0.2, 0.25) is 0 Å². The summed E-state index contributed by atoms with van der Waals surface area (Å²) in [5.41, 5.74) is 2.76. The Morgan fingerprint density at radius 3 is 2.00 bits per heavy atom. The molecule has 0 atom stereocenters. The second-order valence-corrected chi connectivity index (χ2v) is 8.99. The zero-order chi connectivity index (χ0) is 29.9. The van der Waals surface area contributed by atoms with Crippen molar-refractivity contribution >= 4 is 35.4 Å². The first-order valence-electron chi connectivity index (χ1n) is 13.0. The van der Waals surface area contributed by atoms with Crippen molar-refractivity contribution in [2.75, 3.05) is 26.6 Å². The highest BCUT2D eigenvalue weighted by Crippen LogP contribution is 2.26. The molecular weight excluding hydrogens is 532 g/mol. The van der Waals surface area contributed by atoms with Gasteiger partial charge in [-0.25, -0.2) is 0 Å². The van der Waals surface area contributed by atoms with Crippen LogP contribution in [0.25, 0.3) is 12.2 Å². The van der Waals surface area contributed by atoms with Crippen LogP contribution in [-0.4, -0.2) is 38.9 Å². The summed E-state index contributed by atoms with van der Waals surface area (Å²) >= 11 is 0. The van der Waals surface area contributed by atoms with Crippen LogP contribution in [0.15, 0.2) is 109 Å². The van der Waals surface area contributed by atoms with Crippen LogP contribution in [0.3, 0.4) is 0 Å². The molecule has 4 aromatic carbocycles. The van der Waals surface area contributed by atoms with E-state index in [2.05, 4.69) is 10.6 Å². The number of hydrogen-bond donors (Lipinski definition) is 2. The van der Waals surface area contributed by atoms with Gasteiger partial charge in [0.15, 0.2) is 5.78 Å². The molecule has 0 heterocycles. The fraction of sp³-hybridized carbons (Fsp3) is 0.0882. The van der Waals surface area contributed by atoms with E-state index in [0.717, 1.165) is 5.56 Å². The zero-order valence-corrected chi connectivity index (χ0v) is 23.4. The van der Waals surface area contributed by atoms with Crippen molar-refractivity contribution in [1.29, 1.82) is 0 Å². The Labute approximate surface area is 244 Å². The second kappa shape index (κ2) is 14.1. The number of benzene rings is 4. The van der Waals surface area contributed by atoms with Crippen molar-refractivity contribution in [3.8, 4) is 17.2 Å². The van der Waals surface area contributed by atoms with E-state index in [1.54, 1.807) is 131 Å². The summed E-state index contributed by atoms with van der Waals surface area (Å²) < 4.78 is 15.8. The maximum Gasteiger partial charge on any atom is 0.272 e. The Morgan fingerprint density at radius 1 is 0.690 bits per heavy atom. The van der Waals surface area contributed by atoms with E-state index in [9.17, 15) is 14.4 Å². The van der Waals surface area contributed by atoms with Gasteiger partial charge in [0, 0.05) is 28.4 Å². The van der Waals surface area contributed by atoms with Gasteiger partial charge in [0.1, 0.15) is 22.9 Å². The zero-order valence-electron chi connectivity index (χ0n) is 23.4. The van der Waals surface area contributed by atoms with Gasteiger partial charge in [0.25, 0.3) is 11.8 Å². The Hall–Kier alpha value is -5.63. The summed E-state index contributed by atoms with van der Waals surface area (Å²) in [6.07, 6.45) is 4.69. The monoisotopic (exact) mass is 562 g/mol. The molecule has 8 nitrogen and oxygen atoms in total. The van der Waals surface area contributed by atoms with Gasteiger partial charge in [0.2, 0.25) is 0 Å². The van der Waals surface area contributed by atoms with E-state index >= 15 is 0 Å². The van der Waals surface area contributed by atoms with Crippen molar-refractivity contribution in [2.45, 2.75) is 0 Å². The Bertz CT molecular complexity index is 1610. The molecule has 0 spiro atoms. The molecular formula is C34H30N2O6. The van der Waals surface area contributed by atoms with Crippen LogP contribution in [0.1, 0.15) is 31.8 Å². The predicted octanol–water partition coefficient (Wildman–Crippen LogP) is 6.02. The smallest absolute Gasteiger partial charge is 0.272 e. The minimum atomic E-state index is -0.527. The van der Waals surface area contributed by atoms with Gasteiger partial charge < -0.3 is 24.8 Å². The van der Waals surface area contributed by atoms with Crippen LogP contribution < -0.4 is 24.8 Å². The molecule has 212 valence electrons. The molecule has 2 amide bonds. The van der Waals surface area contributed by atoms with Crippen LogP contribution in [-0.2, 0) is 4.79 Å². The lowest BCUT2D eigenvalue weighted by molar-refractivity contribution is -0.113. The van der Waals surface area contributed by atoms with Gasteiger partial charge in [-0.1, -0.05) is 30.3 Å². The topological polar surface area (TPSA) is 103 Å². The van der Waals surface area contributed by atoms with Gasteiger partial charge in [-0.2, -0.15) is 0 Å². The second-order valence-electron chi connectivity index (χ2n) is 8.99. The summed E-state index contributed by atoms with van der Waals surface area (Å²) in [6, 6.07) is 27.5. The minimum absolute atomic E-state index is 0.0468. The van der Waals surface area contributed by atoms with Gasteiger partial charge >= 0.3 is 0 Å². The fourth-order valence-corrected chi connectivity index (χ4v) is 3.94. The van der Waals surface area contributed by atoms with Gasteiger partial charge in [-0.15, -0.1) is 0 Å². The van der Waals surface area contributed by atoms with Crippen molar-refractivity contribution in [3.63, 3.8) is 0 Å². The first-order valence-corrected chi connectivity index (χ1v) is 13.0. The number of methoxy groups -OCH3 is 3. The van der Waals surface area contributed by atoms with Crippen molar-refractivity contribution < 1.29 is 28.6 Å². The Morgan fingerprint density at radius 2 is 1.36 bits per heavy atom. The summed E-state index contributed by atoms with van der Waals surface area (Å²) in [7, 11) is 4.68. The SMILES string of the molecule is COc1ccc(/C=C(\NC(=O)c2ccccc2)C(=O)Nc2ccc(C(=O)/C=C/c3ccc(OC)cc3OC)cc2)cc1. The molecule has 0 saturated heterocycles. The summed E-state index contributed by atoms with van der Waals surface area (Å²) in [5.74, 6) is 0.719. The van der Waals surface area contributed by atoms with Crippen LogP contribution in [0.4, 0.5) is 5.69 Å². The number of hydrogen-bond acceptors (Lipinski definition) is 6. The first-order chi connectivity index (χ1) is 20.4. The third-order valence-electron chi connectivity index (χ3n) is 6.24. The number of nitrogens with one attached hydrogen (secondary N) is 2. The van der Waals surface area contributed by atoms with E-state index in [4.69, 9.17) is 14.2 Å². The largest absolute Gasteiger partial charge is 0.497 e. The summed E-state index contributed by atoms with van der Waals surface area (Å²) in [4.78, 5) is 38.9. The highest BCUT2D eigenvalue weighted by molar-refractivity contribution is 6.11.